The summed E-state index contributed by atoms with van der Waals surface area (Å²) in [5, 5.41) is 3.01. The summed E-state index contributed by atoms with van der Waals surface area (Å²) in [5.41, 5.74) is 12.4. The van der Waals surface area contributed by atoms with Gasteiger partial charge in [-0.25, -0.2) is 0 Å². The molecular formula is C52H80. The Kier molecular flexibility index (Phi) is 17.0. The second-order valence-electron chi connectivity index (χ2n) is 19.0. The Hall–Kier alpha value is -2.60. The summed E-state index contributed by atoms with van der Waals surface area (Å²) < 4.78 is 0. The topological polar surface area (TPSA) is 0 Å². The van der Waals surface area contributed by atoms with E-state index in [-0.39, 0.29) is 10.8 Å². The van der Waals surface area contributed by atoms with Crippen LogP contribution < -0.4 is 10.4 Å². The quantitative estimate of drug-likeness (QED) is 0.130. The lowest BCUT2D eigenvalue weighted by Crippen LogP contribution is -2.38. The lowest BCUT2D eigenvalue weighted by Gasteiger charge is -2.26. The number of fused-ring (bicyclic) bond motifs is 1. The van der Waals surface area contributed by atoms with Gasteiger partial charge in [0.25, 0.3) is 0 Å². The minimum Gasteiger partial charge on any atom is -0.0654 e. The van der Waals surface area contributed by atoms with E-state index in [2.05, 4.69) is 151 Å². The Labute approximate surface area is 323 Å². The van der Waals surface area contributed by atoms with Crippen LogP contribution in [0.3, 0.4) is 0 Å². The largest absolute Gasteiger partial charge is 0.0654 e. The van der Waals surface area contributed by atoms with Gasteiger partial charge in [0.05, 0.1) is 0 Å². The van der Waals surface area contributed by atoms with Crippen molar-refractivity contribution in [1.82, 2.24) is 0 Å². The molecule has 0 radical (unpaired) electrons. The van der Waals surface area contributed by atoms with Crippen molar-refractivity contribution in [1.29, 1.82) is 0 Å². The van der Waals surface area contributed by atoms with E-state index >= 15 is 0 Å². The second-order valence-corrected chi connectivity index (χ2v) is 19.0. The van der Waals surface area contributed by atoms with Crippen molar-refractivity contribution in [2.45, 2.75) is 197 Å². The Balaban J connectivity index is 0.000000363. The molecule has 0 heteroatoms. The van der Waals surface area contributed by atoms with E-state index in [4.69, 9.17) is 0 Å². The number of rotatable bonds is 16. The van der Waals surface area contributed by atoms with Crippen LogP contribution in [0.25, 0.3) is 33.4 Å². The monoisotopic (exact) mass is 705 g/mol. The Morgan fingerprint density at radius 1 is 0.500 bits per heavy atom. The first-order chi connectivity index (χ1) is 24.6. The van der Waals surface area contributed by atoms with Gasteiger partial charge in [-0.1, -0.05) is 232 Å². The predicted molar refractivity (Wildman–Crippen MR) is 236 cm³/mol. The highest BCUT2D eigenvalue weighted by Crippen LogP contribution is 2.33. The van der Waals surface area contributed by atoms with Crippen LogP contribution >= 0.6 is 0 Å². The highest BCUT2D eigenvalue weighted by Gasteiger charge is 2.22. The Bertz CT molecular complexity index is 1610. The van der Waals surface area contributed by atoms with Crippen LogP contribution in [0.1, 0.15) is 197 Å². The van der Waals surface area contributed by atoms with Crippen LogP contribution in [-0.2, 0) is 10.8 Å². The average Bonchev–Trinajstić information content (AvgIpc) is 3.11. The zero-order valence-electron chi connectivity index (χ0n) is 36.5. The van der Waals surface area contributed by atoms with Crippen molar-refractivity contribution in [3.05, 3.63) is 82.2 Å². The first kappa shape index (κ1) is 43.8. The SMILES string of the molecule is CCC1=c2c(-c3ccc(C(C)(C)C)cc3)ccc(-c3ccc(C(C)(C)C)cc3)c2=C(CC)C(C)C1.CCCCCCCCCCCCC(C)(C)CC. The molecule has 1 aliphatic carbocycles. The summed E-state index contributed by atoms with van der Waals surface area (Å²) >= 11 is 0. The summed E-state index contributed by atoms with van der Waals surface area (Å²) in [6.45, 7) is 30.2. The highest BCUT2D eigenvalue weighted by atomic mass is 14.3. The molecule has 0 spiro atoms. The molecule has 0 nitrogen and oxygen atoms in total. The standard InChI is InChI=1S/C35H44.C17H36/c1-10-24-22-23(3)29(11-2)33-31(26-14-18-28(19-15-26)35(7,8)9)21-20-30(32(24)33)25-12-16-27(17-13-25)34(4,5)6;1-5-7-8-9-10-11-12-13-14-15-16-17(3,4)6-2/h12-21,23H,10-11,22H2,1-9H3;5-16H2,1-4H3. The molecule has 0 saturated carbocycles. The third-order valence-electron chi connectivity index (χ3n) is 12.1. The molecule has 0 fully saturated rings. The number of hydrogen-bond donors (Lipinski definition) is 0. The molecule has 3 aromatic carbocycles. The average molecular weight is 705 g/mol. The molecule has 4 rings (SSSR count). The molecule has 0 heterocycles. The first-order valence-corrected chi connectivity index (χ1v) is 21.7. The molecule has 0 saturated heterocycles. The fourth-order valence-electron chi connectivity index (χ4n) is 8.04. The van der Waals surface area contributed by atoms with Crippen LogP contribution in [0.2, 0.25) is 0 Å². The summed E-state index contributed by atoms with van der Waals surface area (Å²) in [6, 6.07) is 23.4. The van der Waals surface area contributed by atoms with E-state index in [9.17, 15) is 0 Å². The zero-order valence-corrected chi connectivity index (χ0v) is 36.5. The van der Waals surface area contributed by atoms with Gasteiger partial charge in [-0.15, -0.1) is 0 Å². The van der Waals surface area contributed by atoms with Crippen molar-refractivity contribution in [2.24, 2.45) is 11.3 Å². The fraction of sp³-hybridized carbons (Fsp3) is 0.615. The fourth-order valence-corrected chi connectivity index (χ4v) is 8.04. The normalized spacial score (nSPS) is 15.0. The van der Waals surface area contributed by atoms with Crippen molar-refractivity contribution in [3.63, 3.8) is 0 Å². The Morgan fingerprint density at radius 3 is 1.31 bits per heavy atom. The van der Waals surface area contributed by atoms with Crippen LogP contribution in [0.4, 0.5) is 0 Å². The van der Waals surface area contributed by atoms with E-state index in [0.29, 0.717) is 11.3 Å². The maximum atomic E-state index is 2.43. The van der Waals surface area contributed by atoms with Gasteiger partial charge >= 0.3 is 0 Å². The molecule has 0 N–H and O–H groups in total. The number of benzene rings is 3. The summed E-state index contributed by atoms with van der Waals surface area (Å²) in [4.78, 5) is 0. The molecule has 0 bridgehead atoms. The third kappa shape index (κ3) is 12.5. The van der Waals surface area contributed by atoms with E-state index in [1.165, 1.54) is 127 Å². The molecule has 1 aliphatic rings. The van der Waals surface area contributed by atoms with Crippen LogP contribution in [0, 0.1) is 11.3 Å². The van der Waals surface area contributed by atoms with Crippen LogP contribution in [0.15, 0.2) is 60.7 Å². The summed E-state index contributed by atoms with van der Waals surface area (Å²) in [5.74, 6) is 0.591. The minimum atomic E-state index is 0.166. The van der Waals surface area contributed by atoms with Crippen molar-refractivity contribution < 1.29 is 0 Å². The van der Waals surface area contributed by atoms with Gasteiger partial charge in [0.15, 0.2) is 0 Å². The minimum absolute atomic E-state index is 0.166. The van der Waals surface area contributed by atoms with Crippen molar-refractivity contribution >= 4 is 11.1 Å². The van der Waals surface area contributed by atoms with E-state index in [1.54, 1.807) is 11.1 Å². The predicted octanol–water partition coefficient (Wildman–Crippen LogP) is 15.5. The maximum Gasteiger partial charge on any atom is -0.0105 e. The Morgan fingerprint density at radius 2 is 0.923 bits per heavy atom. The zero-order chi connectivity index (χ0) is 38.5. The molecule has 1 atom stereocenters. The molecule has 0 aliphatic heterocycles. The van der Waals surface area contributed by atoms with Crippen LogP contribution in [-0.4, -0.2) is 0 Å². The van der Waals surface area contributed by atoms with E-state index < -0.39 is 0 Å². The third-order valence-corrected chi connectivity index (χ3v) is 12.1. The maximum absolute atomic E-state index is 2.43. The highest BCUT2D eigenvalue weighted by molar-refractivity contribution is 5.79. The summed E-state index contributed by atoms with van der Waals surface area (Å²) in [7, 11) is 0. The van der Waals surface area contributed by atoms with Crippen LogP contribution in [0.5, 0.6) is 0 Å². The molecule has 0 aromatic heterocycles. The first-order valence-electron chi connectivity index (χ1n) is 21.7. The molecule has 3 aromatic rings. The molecular weight excluding hydrogens is 625 g/mol. The molecule has 0 amide bonds. The number of hydrogen-bond acceptors (Lipinski definition) is 0. The van der Waals surface area contributed by atoms with Gasteiger partial charge < -0.3 is 0 Å². The van der Waals surface area contributed by atoms with Gasteiger partial charge in [0.1, 0.15) is 0 Å². The van der Waals surface area contributed by atoms with Gasteiger partial charge in [-0.05, 0) is 91.7 Å². The van der Waals surface area contributed by atoms with Gasteiger partial charge in [-0.2, -0.15) is 0 Å². The number of unbranched alkanes of at least 4 members (excludes halogenated alkanes) is 9. The molecule has 52 heavy (non-hydrogen) atoms. The van der Waals surface area contributed by atoms with Gasteiger partial charge in [0, 0.05) is 0 Å². The smallest absolute Gasteiger partial charge is 0.0105 e. The van der Waals surface area contributed by atoms with Crippen molar-refractivity contribution in [3.8, 4) is 22.3 Å². The lowest BCUT2D eigenvalue weighted by atomic mass is 9.78. The van der Waals surface area contributed by atoms with E-state index in [0.717, 1.165) is 12.8 Å². The second kappa shape index (κ2) is 20.2. The lowest BCUT2D eigenvalue weighted by molar-refractivity contribution is 0.307. The van der Waals surface area contributed by atoms with Crippen molar-refractivity contribution in [2.75, 3.05) is 0 Å². The van der Waals surface area contributed by atoms with E-state index in [1.807, 2.05) is 0 Å². The summed E-state index contributed by atoms with van der Waals surface area (Å²) in [6.07, 6.45) is 20.6. The molecule has 288 valence electrons. The van der Waals surface area contributed by atoms with Gasteiger partial charge in [-0.3, -0.25) is 0 Å². The van der Waals surface area contributed by atoms with Gasteiger partial charge in [0.2, 0.25) is 0 Å². The molecule has 1 unspecified atom stereocenters.